The lowest BCUT2D eigenvalue weighted by Gasteiger charge is -2.23. The van der Waals surface area contributed by atoms with Gasteiger partial charge in [0.15, 0.2) is 6.29 Å². The van der Waals surface area contributed by atoms with E-state index in [1.165, 1.54) is 31.4 Å². The quantitative estimate of drug-likeness (QED) is 0.185. The molecule has 45 heavy (non-hydrogen) atoms. The van der Waals surface area contributed by atoms with Crippen LogP contribution in [0.15, 0.2) is 54.7 Å². The minimum atomic E-state index is -1.13. The number of rotatable bonds is 10. The molecule has 232 valence electrons. The monoisotopic (exact) mass is 652 g/mol. The second-order valence-electron chi connectivity index (χ2n) is 10.2. The Kier molecular flexibility index (Phi) is 9.50. The van der Waals surface area contributed by atoms with E-state index < -0.39 is 11.9 Å². The number of nitrogens with one attached hydrogen (secondary N) is 1. The predicted octanol–water partition coefficient (Wildman–Crippen LogP) is 6.51. The molecule has 0 unspecified atom stereocenters. The molecule has 2 amide bonds. The van der Waals surface area contributed by atoms with Crippen LogP contribution >= 0.6 is 23.2 Å². The summed E-state index contributed by atoms with van der Waals surface area (Å²) in [6.45, 7) is 0.135. The summed E-state index contributed by atoms with van der Waals surface area (Å²) in [5.74, 6) is -0.610. The molecule has 0 bridgehead atoms. The first-order chi connectivity index (χ1) is 21.6. The highest BCUT2D eigenvalue weighted by molar-refractivity contribution is 6.39. The Labute approximate surface area is 267 Å². The van der Waals surface area contributed by atoms with E-state index in [9.17, 15) is 23.9 Å². The fraction of sp³-hybridized carbons (Fsp3) is 0.219. The maximum atomic E-state index is 14.7. The van der Waals surface area contributed by atoms with E-state index in [1.807, 2.05) is 0 Å². The van der Waals surface area contributed by atoms with E-state index >= 15 is 0 Å². The van der Waals surface area contributed by atoms with Gasteiger partial charge < -0.3 is 24.8 Å². The van der Waals surface area contributed by atoms with E-state index in [2.05, 4.69) is 15.3 Å². The van der Waals surface area contributed by atoms with Gasteiger partial charge in [0.05, 0.1) is 47.8 Å². The van der Waals surface area contributed by atoms with Gasteiger partial charge in [0.25, 0.3) is 0 Å². The Hall–Kier alpha value is -4.74. The summed E-state index contributed by atoms with van der Waals surface area (Å²) in [6, 6.07) is 12.8. The molecule has 1 aliphatic heterocycles. The van der Waals surface area contributed by atoms with Crippen molar-refractivity contribution in [2.24, 2.45) is 0 Å². The van der Waals surface area contributed by atoms with Gasteiger partial charge in [0.2, 0.25) is 11.8 Å². The molecule has 0 radical (unpaired) electrons. The van der Waals surface area contributed by atoms with Crippen LogP contribution in [0.1, 0.15) is 28.8 Å². The van der Waals surface area contributed by atoms with Crippen molar-refractivity contribution in [1.29, 1.82) is 0 Å². The topological polar surface area (TPSA) is 131 Å². The zero-order valence-corrected chi connectivity index (χ0v) is 25.7. The number of aldehydes is 1. The van der Waals surface area contributed by atoms with Gasteiger partial charge in [0.1, 0.15) is 11.6 Å². The van der Waals surface area contributed by atoms with Crippen LogP contribution in [0.4, 0.5) is 9.18 Å². The highest BCUT2D eigenvalue weighted by Gasteiger charge is 2.26. The van der Waals surface area contributed by atoms with E-state index in [0.29, 0.717) is 57.7 Å². The van der Waals surface area contributed by atoms with Crippen LogP contribution < -0.4 is 14.8 Å². The number of hydrogen-bond acceptors (Lipinski definition) is 7. The van der Waals surface area contributed by atoms with Crippen LogP contribution in [-0.4, -0.2) is 65.1 Å². The Balaban J connectivity index is 1.48. The highest BCUT2D eigenvalue weighted by atomic mass is 35.5. The zero-order chi connectivity index (χ0) is 32.2. The number of carboxylic acid groups (broad SMARTS) is 1. The standard InChI is InChI=1S/C32H27Cl2FN4O6/c1-44-26-13-18(12-24(35)23(26)16-40)30-29(34)21(10-11-36-30)20-4-3-5-22(28(20)33)25-8-6-17(31(38-25)45-2)14-39(32(42)43)15-19-7-9-27(41)37-19/h3-6,8,10-13,16,19H,7,9,14-15H2,1-2H3,(H,37,41)(H,42,43)/t19-/m0/s1. The summed E-state index contributed by atoms with van der Waals surface area (Å²) in [7, 11) is 2.77. The first-order valence-electron chi connectivity index (χ1n) is 13.7. The van der Waals surface area contributed by atoms with Gasteiger partial charge in [-0.05, 0) is 36.8 Å². The zero-order valence-electron chi connectivity index (χ0n) is 24.1. The maximum absolute atomic E-state index is 14.7. The molecule has 1 saturated heterocycles. The smallest absolute Gasteiger partial charge is 0.407 e. The van der Waals surface area contributed by atoms with E-state index in [0.717, 1.165) is 6.07 Å². The Morgan fingerprint density at radius 1 is 1.11 bits per heavy atom. The van der Waals surface area contributed by atoms with Gasteiger partial charge >= 0.3 is 6.09 Å². The normalized spacial score (nSPS) is 14.2. The first kappa shape index (κ1) is 31.7. The number of halogens is 3. The number of aromatic nitrogens is 2. The molecule has 0 spiro atoms. The van der Waals surface area contributed by atoms with Crippen LogP contribution in [0.5, 0.6) is 11.6 Å². The van der Waals surface area contributed by atoms with Gasteiger partial charge in [-0.3, -0.25) is 14.6 Å². The number of carbonyl (C=O) groups excluding carboxylic acids is 2. The van der Waals surface area contributed by atoms with Crippen LogP contribution in [0, 0.1) is 5.82 Å². The second kappa shape index (κ2) is 13.5. The SMILES string of the molecule is COc1cc(-c2nccc(-c3cccc(-c4ccc(CN(C[C@@H]5CCC(=O)N5)C(=O)O)c(OC)n4)c3Cl)c2Cl)cc(F)c1C=O. The summed E-state index contributed by atoms with van der Waals surface area (Å²) < 4.78 is 25.4. The average molecular weight is 653 g/mol. The van der Waals surface area contributed by atoms with Gasteiger partial charge in [-0.1, -0.05) is 41.4 Å². The van der Waals surface area contributed by atoms with Crippen molar-refractivity contribution in [3.63, 3.8) is 0 Å². The second-order valence-corrected chi connectivity index (χ2v) is 11.0. The lowest BCUT2D eigenvalue weighted by molar-refractivity contribution is -0.119. The average Bonchev–Trinajstić information content (AvgIpc) is 3.45. The number of hydrogen-bond donors (Lipinski definition) is 2. The fourth-order valence-corrected chi connectivity index (χ4v) is 5.86. The predicted molar refractivity (Wildman–Crippen MR) is 166 cm³/mol. The van der Waals surface area contributed by atoms with Gasteiger partial charge in [0, 0.05) is 53.0 Å². The fourth-order valence-electron chi connectivity index (χ4n) is 5.22. The Bertz CT molecular complexity index is 1800. The number of pyridine rings is 2. The van der Waals surface area contributed by atoms with Gasteiger partial charge in [-0.15, -0.1) is 0 Å². The summed E-state index contributed by atoms with van der Waals surface area (Å²) in [4.78, 5) is 45.1. The molecule has 4 aromatic rings. The number of nitrogens with zero attached hydrogens (tertiary/aromatic N) is 3. The van der Waals surface area contributed by atoms with Crippen molar-refractivity contribution >= 4 is 41.5 Å². The Morgan fingerprint density at radius 3 is 2.53 bits per heavy atom. The summed E-state index contributed by atoms with van der Waals surface area (Å²) in [5.41, 5.74) is 2.99. The van der Waals surface area contributed by atoms with Crippen LogP contribution in [0.2, 0.25) is 10.0 Å². The first-order valence-corrected chi connectivity index (χ1v) is 14.5. The molecule has 2 N–H and O–H groups in total. The summed E-state index contributed by atoms with van der Waals surface area (Å²) in [6.07, 6.45) is 1.69. The third-order valence-electron chi connectivity index (χ3n) is 7.45. The minimum absolute atomic E-state index is 0.000532. The van der Waals surface area contributed by atoms with Crippen molar-refractivity contribution in [2.75, 3.05) is 20.8 Å². The van der Waals surface area contributed by atoms with Crippen molar-refractivity contribution in [3.05, 3.63) is 81.7 Å². The third-order valence-corrected chi connectivity index (χ3v) is 8.24. The number of benzene rings is 2. The van der Waals surface area contributed by atoms with E-state index in [4.69, 9.17) is 32.7 Å². The molecule has 13 heteroatoms. The molecule has 3 heterocycles. The maximum Gasteiger partial charge on any atom is 0.407 e. The van der Waals surface area contributed by atoms with Crippen LogP contribution in [0.3, 0.4) is 0 Å². The van der Waals surface area contributed by atoms with Crippen LogP contribution in [0.25, 0.3) is 33.6 Å². The largest absolute Gasteiger partial charge is 0.496 e. The molecule has 1 aliphatic rings. The molecule has 10 nitrogen and oxygen atoms in total. The van der Waals surface area contributed by atoms with Crippen LogP contribution in [-0.2, 0) is 11.3 Å². The molecule has 2 aromatic heterocycles. The summed E-state index contributed by atoms with van der Waals surface area (Å²) >= 11 is 13.7. The minimum Gasteiger partial charge on any atom is -0.496 e. The molecule has 2 aromatic carbocycles. The van der Waals surface area contributed by atoms with Gasteiger partial charge in [-0.2, -0.15) is 0 Å². The molecule has 1 atom stereocenters. The van der Waals surface area contributed by atoms with Crippen molar-refractivity contribution in [2.45, 2.75) is 25.4 Å². The van der Waals surface area contributed by atoms with Gasteiger partial charge in [-0.25, -0.2) is 14.2 Å². The van der Waals surface area contributed by atoms with Crippen molar-refractivity contribution < 1.29 is 33.4 Å². The molecule has 5 rings (SSSR count). The number of amides is 2. The van der Waals surface area contributed by atoms with Crippen molar-refractivity contribution in [1.82, 2.24) is 20.2 Å². The molecular weight excluding hydrogens is 626 g/mol. The lowest BCUT2D eigenvalue weighted by atomic mass is 9.99. The van der Waals surface area contributed by atoms with Crippen molar-refractivity contribution in [3.8, 4) is 45.3 Å². The molecule has 1 fully saturated rings. The summed E-state index contributed by atoms with van der Waals surface area (Å²) in [5, 5.41) is 13.1. The highest BCUT2D eigenvalue weighted by Crippen LogP contribution is 2.42. The number of carbonyl (C=O) groups is 3. The number of ether oxygens (including phenoxy) is 2. The Morgan fingerprint density at radius 2 is 1.87 bits per heavy atom. The van der Waals surface area contributed by atoms with E-state index in [1.54, 1.807) is 36.4 Å². The molecular formula is C32H27Cl2FN4O6. The van der Waals surface area contributed by atoms with E-state index in [-0.39, 0.29) is 52.9 Å². The molecule has 0 saturated carbocycles. The molecule has 0 aliphatic carbocycles. The number of methoxy groups -OCH3 is 2. The lowest BCUT2D eigenvalue weighted by Crippen LogP contribution is -2.41. The third kappa shape index (κ3) is 6.54.